The molecule has 0 saturated heterocycles. The van der Waals surface area contributed by atoms with Gasteiger partial charge in [-0.05, 0) is 38.0 Å². The first kappa shape index (κ1) is 9.46. The second-order valence-electron chi connectivity index (χ2n) is 4.26. The smallest absolute Gasteiger partial charge is 0.135 e. The Morgan fingerprint density at radius 1 is 1.06 bits per heavy atom. The van der Waals surface area contributed by atoms with Crippen LogP contribution in [0.15, 0.2) is 34.8 Å². The lowest BCUT2D eigenvalue weighted by Crippen LogP contribution is -1.78. The Morgan fingerprint density at radius 2 is 1.88 bits per heavy atom. The number of rotatable bonds is 0. The third-order valence-electron chi connectivity index (χ3n) is 2.96. The van der Waals surface area contributed by atoms with Crippen LogP contribution in [0.1, 0.15) is 29.7 Å². The molecule has 3 rings (SSSR count). The lowest BCUT2D eigenvalue weighted by Gasteiger charge is -1.96. The summed E-state index contributed by atoms with van der Waals surface area (Å²) in [4.78, 5) is 0. The molecule has 2 aromatic rings. The molecule has 1 heterocycles. The molecule has 80 valence electrons. The van der Waals surface area contributed by atoms with E-state index in [0.717, 1.165) is 24.2 Å². The number of furan rings is 1. The van der Waals surface area contributed by atoms with Gasteiger partial charge in [-0.15, -0.1) is 0 Å². The molecule has 0 saturated carbocycles. The Labute approximate surface area is 95.1 Å². The first-order valence-corrected chi connectivity index (χ1v) is 5.71. The van der Waals surface area contributed by atoms with E-state index in [2.05, 4.69) is 49.4 Å². The molecular weight excluding hydrogens is 196 g/mol. The van der Waals surface area contributed by atoms with Crippen molar-refractivity contribution in [2.45, 2.75) is 19.8 Å². The molecule has 1 heteroatoms. The fourth-order valence-electron chi connectivity index (χ4n) is 2.13. The molecule has 0 atom stereocenters. The zero-order valence-electron chi connectivity index (χ0n) is 9.36. The summed E-state index contributed by atoms with van der Waals surface area (Å²) in [6.45, 7) is 2.11. The van der Waals surface area contributed by atoms with Crippen molar-refractivity contribution in [3.05, 3.63) is 47.2 Å². The van der Waals surface area contributed by atoms with Crippen LogP contribution in [0.25, 0.3) is 23.1 Å². The van der Waals surface area contributed by atoms with Crippen molar-refractivity contribution in [3.8, 4) is 0 Å². The average molecular weight is 210 g/mol. The molecule has 0 N–H and O–H groups in total. The Kier molecular flexibility index (Phi) is 2.17. The highest BCUT2D eigenvalue weighted by atomic mass is 16.3. The molecule has 16 heavy (non-hydrogen) atoms. The number of allylic oxidation sites excluding steroid dienone is 2. The van der Waals surface area contributed by atoms with Crippen molar-refractivity contribution in [1.29, 1.82) is 0 Å². The SMILES string of the molecule is Cc1ccc2oc3c(c2c1)/C=C\CC/C=C\3. The van der Waals surface area contributed by atoms with E-state index in [-0.39, 0.29) is 0 Å². The van der Waals surface area contributed by atoms with E-state index in [4.69, 9.17) is 4.42 Å². The minimum atomic E-state index is 0.979. The van der Waals surface area contributed by atoms with Crippen molar-refractivity contribution in [2.24, 2.45) is 0 Å². The van der Waals surface area contributed by atoms with Crippen LogP contribution in [0.4, 0.5) is 0 Å². The molecule has 0 spiro atoms. The summed E-state index contributed by atoms with van der Waals surface area (Å²) in [6.07, 6.45) is 10.9. The maximum Gasteiger partial charge on any atom is 0.135 e. The number of benzene rings is 1. The van der Waals surface area contributed by atoms with E-state index < -0.39 is 0 Å². The number of aryl methyl sites for hydroxylation is 1. The van der Waals surface area contributed by atoms with E-state index in [1.165, 1.54) is 16.5 Å². The average Bonchev–Trinajstić information content (AvgIpc) is 2.55. The lowest BCUT2D eigenvalue weighted by atomic mass is 10.1. The van der Waals surface area contributed by atoms with Gasteiger partial charge in [-0.3, -0.25) is 0 Å². The minimum Gasteiger partial charge on any atom is -0.456 e. The lowest BCUT2D eigenvalue weighted by molar-refractivity contribution is 0.603. The molecule has 1 aliphatic carbocycles. The van der Waals surface area contributed by atoms with Crippen LogP contribution < -0.4 is 0 Å². The Hall–Kier alpha value is -1.76. The van der Waals surface area contributed by atoms with Crippen LogP contribution in [0.5, 0.6) is 0 Å². The third kappa shape index (κ3) is 1.49. The number of hydrogen-bond donors (Lipinski definition) is 0. The second kappa shape index (κ2) is 3.67. The summed E-state index contributed by atoms with van der Waals surface area (Å²) in [6, 6.07) is 6.33. The van der Waals surface area contributed by atoms with E-state index in [0.29, 0.717) is 0 Å². The molecule has 0 radical (unpaired) electrons. The monoisotopic (exact) mass is 210 g/mol. The van der Waals surface area contributed by atoms with Crippen LogP contribution in [-0.2, 0) is 0 Å². The first-order chi connectivity index (χ1) is 7.84. The first-order valence-electron chi connectivity index (χ1n) is 5.71. The molecule has 0 aliphatic heterocycles. The molecule has 0 amide bonds. The third-order valence-corrected chi connectivity index (χ3v) is 2.96. The maximum atomic E-state index is 5.84. The highest BCUT2D eigenvalue weighted by Gasteiger charge is 2.10. The molecule has 1 aromatic heterocycles. The second-order valence-corrected chi connectivity index (χ2v) is 4.26. The summed E-state index contributed by atoms with van der Waals surface area (Å²) in [5.41, 5.74) is 3.47. The largest absolute Gasteiger partial charge is 0.456 e. The molecule has 0 bridgehead atoms. The molecule has 1 aliphatic rings. The van der Waals surface area contributed by atoms with Crippen molar-refractivity contribution >= 4 is 23.1 Å². The molecular formula is C15H14O. The Balaban J connectivity index is 2.33. The van der Waals surface area contributed by atoms with Crippen molar-refractivity contribution in [3.63, 3.8) is 0 Å². The quantitative estimate of drug-likeness (QED) is 0.621. The maximum absolute atomic E-state index is 5.84. The fourth-order valence-corrected chi connectivity index (χ4v) is 2.13. The minimum absolute atomic E-state index is 0.979. The van der Waals surface area contributed by atoms with Gasteiger partial charge in [0.1, 0.15) is 11.3 Å². The predicted octanol–water partition coefficient (Wildman–Crippen LogP) is 4.56. The number of fused-ring (bicyclic) bond motifs is 3. The standard InChI is InChI=1S/C15H14O/c1-11-8-9-15-13(10-11)12-6-4-2-3-5-7-14(12)16-15/h4-10H,2-3H2,1H3/b6-4-,7-5-. The van der Waals surface area contributed by atoms with Crippen molar-refractivity contribution < 1.29 is 4.42 Å². The van der Waals surface area contributed by atoms with Crippen molar-refractivity contribution in [1.82, 2.24) is 0 Å². The summed E-state index contributed by atoms with van der Waals surface area (Å²) in [5, 5.41) is 1.22. The molecule has 0 unspecified atom stereocenters. The number of hydrogen-bond acceptors (Lipinski definition) is 1. The van der Waals surface area contributed by atoms with Gasteiger partial charge in [-0.25, -0.2) is 0 Å². The van der Waals surface area contributed by atoms with Gasteiger partial charge in [-0.1, -0.05) is 29.9 Å². The van der Waals surface area contributed by atoms with Gasteiger partial charge in [0.15, 0.2) is 0 Å². The Bertz CT molecular complexity index is 585. The Morgan fingerprint density at radius 3 is 2.75 bits per heavy atom. The van der Waals surface area contributed by atoms with Gasteiger partial charge < -0.3 is 4.42 Å². The van der Waals surface area contributed by atoms with Gasteiger partial charge in [-0.2, -0.15) is 0 Å². The van der Waals surface area contributed by atoms with E-state index in [9.17, 15) is 0 Å². The summed E-state index contributed by atoms with van der Waals surface area (Å²) in [7, 11) is 0. The van der Waals surface area contributed by atoms with E-state index in [1.54, 1.807) is 0 Å². The van der Waals surface area contributed by atoms with Gasteiger partial charge in [0, 0.05) is 10.9 Å². The highest BCUT2D eigenvalue weighted by Crippen LogP contribution is 2.30. The van der Waals surface area contributed by atoms with Crippen molar-refractivity contribution in [2.75, 3.05) is 0 Å². The van der Waals surface area contributed by atoms with Gasteiger partial charge in [0.05, 0.1) is 0 Å². The molecule has 0 fully saturated rings. The fraction of sp³-hybridized carbons (Fsp3) is 0.200. The van der Waals surface area contributed by atoms with E-state index in [1.807, 2.05) is 0 Å². The van der Waals surface area contributed by atoms with Gasteiger partial charge in [0.25, 0.3) is 0 Å². The van der Waals surface area contributed by atoms with Crippen LogP contribution in [0.3, 0.4) is 0 Å². The van der Waals surface area contributed by atoms with Gasteiger partial charge >= 0.3 is 0 Å². The topological polar surface area (TPSA) is 13.1 Å². The molecule has 1 nitrogen and oxygen atoms in total. The summed E-state index contributed by atoms with van der Waals surface area (Å²) >= 11 is 0. The summed E-state index contributed by atoms with van der Waals surface area (Å²) in [5.74, 6) is 0.983. The normalized spacial score (nSPS) is 18.8. The van der Waals surface area contributed by atoms with Crippen LogP contribution in [0, 0.1) is 6.92 Å². The highest BCUT2D eigenvalue weighted by molar-refractivity contribution is 5.91. The molecule has 1 aromatic carbocycles. The van der Waals surface area contributed by atoms with Crippen LogP contribution in [-0.4, -0.2) is 0 Å². The van der Waals surface area contributed by atoms with Gasteiger partial charge in [0.2, 0.25) is 0 Å². The van der Waals surface area contributed by atoms with E-state index >= 15 is 0 Å². The van der Waals surface area contributed by atoms with Crippen LogP contribution >= 0.6 is 0 Å². The van der Waals surface area contributed by atoms with Crippen LogP contribution in [0.2, 0.25) is 0 Å². The zero-order chi connectivity index (χ0) is 11.0. The zero-order valence-corrected chi connectivity index (χ0v) is 9.36. The predicted molar refractivity (Wildman–Crippen MR) is 68.3 cm³/mol. The summed E-state index contributed by atoms with van der Waals surface area (Å²) < 4.78 is 5.84.